The van der Waals surface area contributed by atoms with Gasteiger partial charge >= 0.3 is 0 Å². The van der Waals surface area contributed by atoms with Crippen LogP contribution in [-0.4, -0.2) is 6.54 Å². The van der Waals surface area contributed by atoms with E-state index in [9.17, 15) is 0 Å². The van der Waals surface area contributed by atoms with Crippen LogP contribution in [0.4, 0.5) is 0 Å². The summed E-state index contributed by atoms with van der Waals surface area (Å²) in [5.41, 5.74) is 3.50. The predicted molar refractivity (Wildman–Crippen MR) is 83.3 cm³/mol. The summed E-state index contributed by atoms with van der Waals surface area (Å²) >= 11 is 0. The molecule has 106 valence electrons. The standard InChI is InChI=1S/C18H29N/c1-4-18(10-5-11-18)14-19-13-17-8-6-16(7-9-17)12-15(2)3/h6-9,15,19H,4-5,10-14H2,1-3H3. The summed E-state index contributed by atoms with van der Waals surface area (Å²) in [7, 11) is 0. The number of hydrogen-bond donors (Lipinski definition) is 1. The monoisotopic (exact) mass is 259 g/mol. The lowest BCUT2D eigenvalue weighted by Crippen LogP contribution is -2.39. The van der Waals surface area contributed by atoms with Gasteiger partial charge in [0.05, 0.1) is 0 Å². The SMILES string of the molecule is CCC1(CNCc2ccc(CC(C)C)cc2)CCC1. The summed E-state index contributed by atoms with van der Waals surface area (Å²) in [6, 6.07) is 9.14. The Labute approximate surface area is 118 Å². The maximum Gasteiger partial charge on any atom is 0.0205 e. The van der Waals surface area contributed by atoms with E-state index in [2.05, 4.69) is 50.4 Å². The van der Waals surface area contributed by atoms with Gasteiger partial charge in [-0.25, -0.2) is 0 Å². The second kappa shape index (κ2) is 6.56. The van der Waals surface area contributed by atoms with Crippen LogP contribution in [0.25, 0.3) is 0 Å². The molecule has 1 fully saturated rings. The average Bonchev–Trinajstić information content (AvgIpc) is 2.34. The molecule has 0 heterocycles. The van der Waals surface area contributed by atoms with Gasteiger partial charge in [-0.3, -0.25) is 0 Å². The molecule has 0 aromatic heterocycles. The quantitative estimate of drug-likeness (QED) is 0.757. The molecule has 1 aromatic rings. The summed E-state index contributed by atoms with van der Waals surface area (Å²) in [5, 5.41) is 3.66. The Morgan fingerprint density at radius 1 is 1.11 bits per heavy atom. The van der Waals surface area contributed by atoms with Crippen molar-refractivity contribution in [1.29, 1.82) is 0 Å². The van der Waals surface area contributed by atoms with Gasteiger partial charge in [-0.15, -0.1) is 0 Å². The van der Waals surface area contributed by atoms with Crippen molar-refractivity contribution in [3.05, 3.63) is 35.4 Å². The molecular formula is C18H29N. The van der Waals surface area contributed by atoms with Crippen LogP contribution in [-0.2, 0) is 13.0 Å². The summed E-state index contributed by atoms with van der Waals surface area (Å²) in [6.45, 7) is 9.10. The van der Waals surface area contributed by atoms with Crippen molar-refractivity contribution in [3.63, 3.8) is 0 Å². The molecule has 1 aliphatic rings. The third kappa shape index (κ3) is 4.07. The van der Waals surface area contributed by atoms with Crippen molar-refractivity contribution in [1.82, 2.24) is 5.32 Å². The van der Waals surface area contributed by atoms with Gasteiger partial charge in [-0.05, 0) is 48.1 Å². The zero-order valence-corrected chi connectivity index (χ0v) is 12.8. The maximum absolute atomic E-state index is 3.66. The minimum absolute atomic E-state index is 0.623. The van der Waals surface area contributed by atoms with E-state index >= 15 is 0 Å². The Hall–Kier alpha value is -0.820. The average molecular weight is 259 g/mol. The Balaban J connectivity index is 1.76. The van der Waals surface area contributed by atoms with E-state index in [1.807, 2.05) is 0 Å². The van der Waals surface area contributed by atoms with Crippen LogP contribution in [0.15, 0.2) is 24.3 Å². The molecule has 1 heteroatoms. The highest BCUT2D eigenvalue weighted by atomic mass is 14.9. The molecule has 0 bridgehead atoms. The first-order valence-electron chi connectivity index (χ1n) is 7.92. The van der Waals surface area contributed by atoms with E-state index in [1.54, 1.807) is 0 Å². The van der Waals surface area contributed by atoms with E-state index in [-0.39, 0.29) is 0 Å². The number of rotatable bonds is 7. The lowest BCUT2D eigenvalue weighted by molar-refractivity contribution is 0.124. The van der Waals surface area contributed by atoms with Gasteiger partial charge in [0.2, 0.25) is 0 Å². The lowest BCUT2D eigenvalue weighted by Gasteiger charge is -2.41. The van der Waals surface area contributed by atoms with Gasteiger partial charge in [-0.2, -0.15) is 0 Å². The molecular weight excluding hydrogens is 230 g/mol. The van der Waals surface area contributed by atoms with E-state index in [1.165, 1.54) is 49.8 Å². The molecule has 1 nitrogen and oxygen atoms in total. The van der Waals surface area contributed by atoms with E-state index < -0.39 is 0 Å². The van der Waals surface area contributed by atoms with Gasteiger partial charge in [0.1, 0.15) is 0 Å². The van der Waals surface area contributed by atoms with Crippen molar-refractivity contribution in [3.8, 4) is 0 Å². The summed E-state index contributed by atoms with van der Waals surface area (Å²) in [6.07, 6.45) is 6.78. The van der Waals surface area contributed by atoms with Crippen molar-refractivity contribution >= 4 is 0 Å². The topological polar surface area (TPSA) is 12.0 Å². The van der Waals surface area contributed by atoms with Crippen LogP contribution in [0, 0.1) is 11.3 Å². The molecule has 0 aliphatic heterocycles. The van der Waals surface area contributed by atoms with Gasteiger partial charge in [0.25, 0.3) is 0 Å². The fraction of sp³-hybridized carbons (Fsp3) is 0.667. The Morgan fingerprint density at radius 2 is 1.74 bits per heavy atom. The van der Waals surface area contributed by atoms with Crippen LogP contribution < -0.4 is 5.32 Å². The largest absolute Gasteiger partial charge is 0.312 e. The normalized spacial score (nSPS) is 17.5. The Kier molecular flexibility index (Phi) is 5.04. The number of nitrogens with one attached hydrogen (secondary N) is 1. The fourth-order valence-corrected chi connectivity index (χ4v) is 3.07. The number of hydrogen-bond acceptors (Lipinski definition) is 1. The van der Waals surface area contributed by atoms with Crippen LogP contribution in [0.3, 0.4) is 0 Å². The van der Waals surface area contributed by atoms with Gasteiger partial charge in [-0.1, -0.05) is 51.5 Å². The van der Waals surface area contributed by atoms with Crippen LogP contribution in [0.5, 0.6) is 0 Å². The highest BCUT2D eigenvalue weighted by Gasteiger charge is 2.34. The first kappa shape index (κ1) is 14.6. The Morgan fingerprint density at radius 3 is 2.21 bits per heavy atom. The number of benzene rings is 1. The minimum atomic E-state index is 0.623. The molecule has 1 aromatic carbocycles. The molecule has 1 aliphatic carbocycles. The van der Waals surface area contributed by atoms with E-state index in [0.717, 1.165) is 12.5 Å². The van der Waals surface area contributed by atoms with Crippen LogP contribution in [0.1, 0.15) is 57.6 Å². The van der Waals surface area contributed by atoms with Crippen molar-refractivity contribution in [2.24, 2.45) is 11.3 Å². The Bertz CT molecular complexity index is 368. The van der Waals surface area contributed by atoms with Crippen molar-refractivity contribution in [2.45, 2.75) is 59.4 Å². The second-order valence-corrected chi connectivity index (χ2v) is 6.73. The van der Waals surface area contributed by atoms with Gasteiger partial charge < -0.3 is 5.32 Å². The van der Waals surface area contributed by atoms with Gasteiger partial charge in [0, 0.05) is 13.1 Å². The zero-order chi connectivity index (χ0) is 13.7. The zero-order valence-electron chi connectivity index (χ0n) is 12.8. The van der Waals surface area contributed by atoms with E-state index in [0.29, 0.717) is 5.41 Å². The third-order valence-electron chi connectivity index (χ3n) is 4.66. The maximum atomic E-state index is 3.66. The first-order chi connectivity index (χ1) is 9.13. The minimum Gasteiger partial charge on any atom is -0.312 e. The molecule has 0 amide bonds. The summed E-state index contributed by atoms with van der Waals surface area (Å²) < 4.78 is 0. The molecule has 2 rings (SSSR count). The molecule has 0 unspecified atom stereocenters. The smallest absolute Gasteiger partial charge is 0.0205 e. The molecule has 0 radical (unpaired) electrons. The fourth-order valence-electron chi connectivity index (χ4n) is 3.07. The highest BCUT2D eigenvalue weighted by molar-refractivity contribution is 5.22. The molecule has 1 N–H and O–H groups in total. The van der Waals surface area contributed by atoms with Crippen molar-refractivity contribution < 1.29 is 0 Å². The first-order valence-corrected chi connectivity index (χ1v) is 7.92. The molecule has 1 saturated carbocycles. The predicted octanol–water partition coefficient (Wildman–Crippen LogP) is 4.56. The third-order valence-corrected chi connectivity index (χ3v) is 4.66. The molecule has 0 spiro atoms. The highest BCUT2D eigenvalue weighted by Crippen LogP contribution is 2.43. The van der Waals surface area contributed by atoms with Crippen molar-refractivity contribution in [2.75, 3.05) is 6.54 Å². The molecule has 19 heavy (non-hydrogen) atoms. The van der Waals surface area contributed by atoms with Crippen LogP contribution in [0.2, 0.25) is 0 Å². The van der Waals surface area contributed by atoms with E-state index in [4.69, 9.17) is 0 Å². The summed E-state index contributed by atoms with van der Waals surface area (Å²) in [5.74, 6) is 0.743. The lowest BCUT2D eigenvalue weighted by atomic mass is 9.67. The second-order valence-electron chi connectivity index (χ2n) is 6.73. The molecule has 0 atom stereocenters. The van der Waals surface area contributed by atoms with Crippen LogP contribution >= 0.6 is 0 Å². The molecule has 0 saturated heterocycles. The summed E-state index contributed by atoms with van der Waals surface area (Å²) in [4.78, 5) is 0. The van der Waals surface area contributed by atoms with Gasteiger partial charge in [0.15, 0.2) is 0 Å².